The van der Waals surface area contributed by atoms with Crippen LogP contribution in [0.25, 0.3) is 0 Å². The quantitative estimate of drug-likeness (QED) is 0.675. The van der Waals surface area contributed by atoms with Crippen LogP contribution in [0.4, 0.5) is 10.1 Å². The number of nitro groups is 1. The van der Waals surface area contributed by atoms with Gasteiger partial charge in [0, 0.05) is 6.07 Å². The van der Waals surface area contributed by atoms with Gasteiger partial charge in [0.2, 0.25) is 0 Å². The van der Waals surface area contributed by atoms with Crippen molar-refractivity contribution in [1.29, 1.82) is 0 Å². The number of hydrogen-bond donors (Lipinski definition) is 1. The molecule has 2 aromatic carbocycles. The third-order valence-electron chi connectivity index (χ3n) is 2.71. The highest BCUT2D eigenvalue weighted by molar-refractivity contribution is 5.89. The Bertz CT molecular complexity index is 687. The summed E-state index contributed by atoms with van der Waals surface area (Å²) < 4.78 is 18.7. The lowest BCUT2D eigenvalue weighted by molar-refractivity contribution is -0.386. The molecule has 0 aliphatic rings. The molecule has 2 aromatic rings. The highest BCUT2D eigenvalue weighted by Crippen LogP contribution is 2.30. The topological polar surface area (TPSA) is 89.7 Å². The zero-order chi connectivity index (χ0) is 15.4. The average Bonchev–Trinajstić information content (AvgIpc) is 2.46. The summed E-state index contributed by atoms with van der Waals surface area (Å²) in [6.45, 7) is 0.00632. The van der Waals surface area contributed by atoms with E-state index in [1.54, 1.807) is 30.3 Å². The Morgan fingerprint density at radius 1 is 1.29 bits per heavy atom. The van der Waals surface area contributed by atoms with E-state index in [9.17, 15) is 19.3 Å². The number of ether oxygens (including phenoxy) is 1. The lowest BCUT2D eigenvalue weighted by Crippen LogP contribution is -2.05. The van der Waals surface area contributed by atoms with Crippen LogP contribution in [-0.4, -0.2) is 16.0 Å². The van der Waals surface area contributed by atoms with Gasteiger partial charge in [-0.1, -0.05) is 30.3 Å². The third kappa shape index (κ3) is 3.33. The van der Waals surface area contributed by atoms with E-state index < -0.39 is 28.0 Å². The van der Waals surface area contributed by atoms with Crippen LogP contribution in [0.5, 0.6) is 5.75 Å². The summed E-state index contributed by atoms with van der Waals surface area (Å²) in [5.41, 5.74) is -0.551. The predicted molar refractivity (Wildman–Crippen MR) is 70.8 cm³/mol. The molecule has 0 aliphatic carbocycles. The number of carboxylic acids is 1. The fourth-order valence-electron chi connectivity index (χ4n) is 1.70. The van der Waals surface area contributed by atoms with Crippen molar-refractivity contribution in [3.05, 3.63) is 69.5 Å². The van der Waals surface area contributed by atoms with Gasteiger partial charge in [-0.3, -0.25) is 10.1 Å². The number of nitrogens with zero attached hydrogens (tertiary/aromatic N) is 1. The van der Waals surface area contributed by atoms with Crippen LogP contribution >= 0.6 is 0 Å². The molecule has 0 radical (unpaired) electrons. The van der Waals surface area contributed by atoms with Gasteiger partial charge >= 0.3 is 11.7 Å². The van der Waals surface area contributed by atoms with Crippen molar-refractivity contribution in [3.63, 3.8) is 0 Å². The first-order chi connectivity index (χ1) is 9.99. The molecule has 0 fully saturated rings. The monoisotopic (exact) mass is 291 g/mol. The SMILES string of the molecule is O=C(O)c1cc(OCc2ccccc2)c([N+](=O)[O-])cc1F. The van der Waals surface area contributed by atoms with Gasteiger partial charge in [-0.25, -0.2) is 9.18 Å². The third-order valence-corrected chi connectivity index (χ3v) is 2.71. The van der Waals surface area contributed by atoms with Gasteiger partial charge in [0.05, 0.1) is 16.6 Å². The minimum atomic E-state index is -1.52. The minimum Gasteiger partial charge on any atom is -0.482 e. The fraction of sp³-hybridized carbons (Fsp3) is 0.0714. The second-order valence-electron chi connectivity index (χ2n) is 4.14. The Balaban J connectivity index is 2.34. The number of nitro benzene ring substituents is 1. The summed E-state index contributed by atoms with van der Waals surface area (Å²) in [7, 11) is 0. The Morgan fingerprint density at radius 2 is 1.95 bits per heavy atom. The first kappa shape index (κ1) is 14.4. The maximum absolute atomic E-state index is 13.5. The molecule has 0 aromatic heterocycles. The van der Waals surface area contributed by atoms with E-state index in [2.05, 4.69) is 0 Å². The van der Waals surface area contributed by atoms with Gasteiger partial charge in [-0.05, 0) is 5.56 Å². The van der Waals surface area contributed by atoms with Crippen molar-refractivity contribution in [2.24, 2.45) is 0 Å². The number of rotatable bonds is 5. The zero-order valence-corrected chi connectivity index (χ0v) is 10.7. The lowest BCUT2D eigenvalue weighted by Gasteiger charge is -2.08. The van der Waals surface area contributed by atoms with Crippen LogP contribution in [0.1, 0.15) is 15.9 Å². The molecule has 108 valence electrons. The molecule has 0 bridgehead atoms. The van der Waals surface area contributed by atoms with E-state index in [0.717, 1.165) is 11.6 Å². The summed E-state index contributed by atoms with van der Waals surface area (Å²) in [5, 5.41) is 19.7. The largest absolute Gasteiger partial charge is 0.482 e. The highest BCUT2D eigenvalue weighted by Gasteiger charge is 2.22. The second kappa shape index (κ2) is 6.00. The number of hydrogen-bond acceptors (Lipinski definition) is 4. The van der Waals surface area contributed by atoms with Gasteiger partial charge < -0.3 is 9.84 Å². The molecule has 0 saturated heterocycles. The van der Waals surface area contributed by atoms with E-state index in [4.69, 9.17) is 9.84 Å². The number of aromatic carboxylic acids is 1. The van der Waals surface area contributed by atoms with Crippen LogP contribution in [-0.2, 0) is 6.61 Å². The molecule has 2 rings (SSSR count). The average molecular weight is 291 g/mol. The van der Waals surface area contributed by atoms with Crippen LogP contribution < -0.4 is 4.74 Å². The van der Waals surface area contributed by atoms with Gasteiger partial charge in [0.1, 0.15) is 12.4 Å². The molecule has 0 atom stereocenters. The smallest absolute Gasteiger partial charge is 0.338 e. The summed E-state index contributed by atoms with van der Waals surface area (Å²) in [5.74, 6) is -2.99. The number of carbonyl (C=O) groups is 1. The van der Waals surface area contributed by atoms with Crippen molar-refractivity contribution in [2.75, 3.05) is 0 Å². The van der Waals surface area contributed by atoms with E-state index in [1.807, 2.05) is 0 Å². The molecular weight excluding hydrogens is 281 g/mol. The highest BCUT2D eigenvalue weighted by atomic mass is 19.1. The van der Waals surface area contributed by atoms with Gasteiger partial charge in [-0.2, -0.15) is 0 Å². The summed E-state index contributed by atoms with van der Waals surface area (Å²) in [4.78, 5) is 20.9. The van der Waals surface area contributed by atoms with E-state index in [-0.39, 0.29) is 12.4 Å². The minimum absolute atomic E-state index is 0.00632. The molecule has 0 amide bonds. The van der Waals surface area contributed by atoms with Crippen LogP contribution in [0.2, 0.25) is 0 Å². The summed E-state index contributed by atoms with van der Waals surface area (Å²) >= 11 is 0. The normalized spacial score (nSPS) is 10.1. The van der Waals surface area contributed by atoms with Crippen molar-refractivity contribution in [2.45, 2.75) is 6.61 Å². The number of carboxylic acid groups (broad SMARTS) is 1. The lowest BCUT2D eigenvalue weighted by atomic mass is 10.1. The fourth-order valence-corrected chi connectivity index (χ4v) is 1.70. The summed E-state index contributed by atoms with van der Waals surface area (Å²) in [6.07, 6.45) is 0. The molecule has 6 nitrogen and oxygen atoms in total. The molecule has 7 heteroatoms. The maximum atomic E-state index is 13.5. The van der Waals surface area contributed by atoms with Gasteiger partial charge in [0.15, 0.2) is 5.75 Å². The van der Waals surface area contributed by atoms with Crippen molar-refractivity contribution in [3.8, 4) is 5.75 Å². The van der Waals surface area contributed by atoms with Crippen molar-refractivity contribution in [1.82, 2.24) is 0 Å². The summed E-state index contributed by atoms with van der Waals surface area (Å²) in [6, 6.07) is 10.2. The number of benzene rings is 2. The molecular formula is C14H10FNO5. The van der Waals surface area contributed by atoms with Gasteiger partial charge in [-0.15, -0.1) is 0 Å². The standard InChI is InChI=1S/C14H10FNO5/c15-11-7-12(16(19)20)13(6-10(11)14(17)18)21-8-9-4-2-1-3-5-9/h1-7H,8H2,(H,17,18). The zero-order valence-electron chi connectivity index (χ0n) is 10.7. The van der Waals surface area contributed by atoms with Crippen LogP contribution in [0.15, 0.2) is 42.5 Å². The molecule has 0 saturated carbocycles. The Kier molecular flexibility index (Phi) is 4.13. The van der Waals surface area contributed by atoms with Crippen LogP contribution in [0, 0.1) is 15.9 Å². The second-order valence-corrected chi connectivity index (χ2v) is 4.14. The number of halogens is 1. The molecule has 1 N–H and O–H groups in total. The van der Waals surface area contributed by atoms with Gasteiger partial charge in [0.25, 0.3) is 0 Å². The molecule has 0 aliphatic heterocycles. The van der Waals surface area contributed by atoms with Crippen molar-refractivity contribution < 1.29 is 24.0 Å². The molecule has 0 unspecified atom stereocenters. The first-order valence-electron chi connectivity index (χ1n) is 5.87. The molecule has 0 spiro atoms. The Morgan fingerprint density at radius 3 is 2.52 bits per heavy atom. The van der Waals surface area contributed by atoms with Crippen LogP contribution in [0.3, 0.4) is 0 Å². The molecule has 21 heavy (non-hydrogen) atoms. The van der Waals surface area contributed by atoms with E-state index in [1.165, 1.54) is 0 Å². The Hall–Kier alpha value is -2.96. The molecule has 0 heterocycles. The van der Waals surface area contributed by atoms with E-state index in [0.29, 0.717) is 6.07 Å². The predicted octanol–water partition coefficient (Wildman–Crippen LogP) is 3.01. The van der Waals surface area contributed by atoms with E-state index >= 15 is 0 Å². The first-order valence-corrected chi connectivity index (χ1v) is 5.87. The maximum Gasteiger partial charge on any atom is 0.338 e. The Labute approximate surface area is 118 Å². The van der Waals surface area contributed by atoms with Crippen molar-refractivity contribution >= 4 is 11.7 Å².